The van der Waals surface area contributed by atoms with Crippen LogP contribution in [0.5, 0.6) is 11.5 Å². The van der Waals surface area contributed by atoms with Crippen LogP contribution in [0.4, 0.5) is 8.78 Å². The largest absolute Gasteiger partial charge is 0.497 e. The van der Waals surface area contributed by atoms with Gasteiger partial charge in [0.05, 0.1) is 14.2 Å². The second kappa shape index (κ2) is 5.88. The fraction of sp³-hybridized carbons (Fsp3) is 0.429. The molecule has 1 aromatic rings. The van der Waals surface area contributed by atoms with Crippen molar-refractivity contribution < 1.29 is 28.2 Å². The van der Waals surface area contributed by atoms with Crippen molar-refractivity contribution >= 4 is 11.6 Å². The number of hydrogen-bond donors (Lipinski definition) is 1. The average Bonchev–Trinajstić information content (AvgIpc) is 2.82. The van der Waals surface area contributed by atoms with Crippen molar-refractivity contribution in [3.63, 3.8) is 0 Å². The summed E-state index contributed by atoms with van der Waals surface area (Å²) in [5, 5.41) is 14.2. The zero-order valence-electron chi connectivity index (χ0n) is 12.3. The maximum atomic E-state index is 13.1. The van der Waals surface area contributed by atoms with Crippen LogP contribution in [0.3, 0.4) is 0 Å². The molecule has 1 N–H and O–H groups in total. The maximum absolute atomic E-state index is 13.1. The fourth-order valence-electron chi connectivity index (χ4n) is 2.19. The molecule has 0 fully saturated rings. The van der Waals surface area contributed by atoms with E-state index >= 15 is 0 Å². The normalized spacial score (nSPS) is 21.0. The lowest BCUT2D eigenvalue weighted by Crippen LogP contribution is -2.51. The lowest BCUT2D eigenvalue weighted by Gasteiger charge is -2.30. The van der Waals surface area contributed by atoms with Crippen molar-refractivity contribution in [1.29, 1.82) is 0 Å². The van der Waals surface area contributed by atoms with Gasteiger partial charge in [0.25, 0.3) is 12.3 Å². The van der Waals surface area contributed by atoms with E-state index in [-0.39, 0.29) is 11.3 Å². The molecule has 120 valence electrons. The molecule has 8 heteroatoms. The Morgan fingerprint density at radius 1 is 1.32 bits per heavy atom. The van der Waals surface area contributed by atoms with Gasteiger partial charge in [-0.2, -0.15) is 10.1 Å². The number of hydrazone groups is 1. The van der Waals surface area contributed by atoms with Crippen molar-refractivity contribution in [2.75, 3.05) is 14.2 Å². The molecule has 0 saturated carbocycles. The maximum Gasteiger partial charge on any atom is 0.287 e. The Labute approximate surface area is 125 Å². The van der Waals surface area contributed by atoms with Gasteiger partial charge in [0.1, 0.15) is 11.5 Å². The Balaban J connectivity index is 2.42. The summed E-state index contributed by atoms with van der Waals surface area (Å²) in [6, 6.07) is 4.26. The predicted molar refractivity (Wildman–Crippen MR) is 74.4 cm³/mol. The predicted octanol–water partition coefficient (Wildman–Crippen LogP) is 1.88. The molecule has 6 nitrogen and oxygen atoms in total. The van der Waals surface area contributed by atoms with Gasteiger partial charge in [-0.3, -0.25) is 4.79 Å². The Bertz CT molecular complexity index is 599. The standard InChI is InChI=1S/C14H16F2N2O4/c1-8-7-14(20,13(15)16)18(17-8)12(19)9-4-10(21-2)6-11(5-9)22-3/h4-6,13,20H,7H2,1-3H3. The summed E-state index contributed by atoms with van der Waals surface area (Å²) in [6.45, 7) is 1.47. The van der Waals surface area contributed by atoms with Crippen LogP contribution in [-0.4, -0.2) is 48.1 Å². The van der Waals surface area contributed by atoms with Crippen LogP contribution < -0.4 is 9.47 Å². The minimum atomic E-state index is -3.15. The Morgan fingerprint density at radius 3 is 2.32 bits per heavy atom. The monoisotopic (exact) mass is 314 g/mol. The Kier molecular flexibility index (Phi) is 4.32. The molecule has 22 heavy (non-hydrogen) atoms. The number of halogens is 2. The number of carbonyl (C=O) groups is 1. The molecule has 1 atom stereocenters. The molecule has 1 aliphatic heterocycles. The minimum Gasteiger partial charge on any atom is -0.497 e. The third-order valence-electron chi connectivity index (χ3n) is 3.29. The van der Waals surface area contributed by atoms with Crippen LogP contribution in [0.15, 0.2) is 23.3 Å². The van der Waals surface area contributed by atoms with Gasteiger partial charge < -0.3 is 14.6 Å². The van der Waals surface area contributed by atoms with Crippen LogP contribution >= 0.6 is 0 Å². The Hall–Kier alpha value is -2.22. The third kappa shape index (κ3) is 2.74. The van der Waals surface area contributed by atoms with E-state index in [2.05, 4.69) is 5.10 Å². The highest BCUT2D eigenvalue weighted by molar-refractivity contribution is 5.98. The van der Waals surface area contributed by atoms with E-state index in [0.29, 0.717) is 16.5 Å². The number of hydrogen-bond acceptors (Lipinski definition) is 5. The number of rotatable bonds is 4. The van der Waals surface area contributed by atoms with Gasteiger partial charge in [-0.05, 0) is 19.1 Å². The van der Waals surface area contributed by atoms with Crippen LogP contribution in [-0.2, 0) is 0 Å². The Morgan fingerprint density at radius 2 is 1.86 bits per heavy atom. The van der Waals surface area contributed by atoms with E-state index in [0.717, 1.165) is 0 Å². The van der Waals surface area contributed by atoms with E-state index in [4.69, 9.17) is 9.47 Å². The topological polar surface area (TPSA) is 71.4 Å². The molecular formula is C14H16F2N2O4. The summed E-state index contributed by atoms with van der Waals surface area (Å²) < 4.78 is 36.4. The van der Waals surface area contributed by atoms with E-state index in [1.54, 1.807) is 0 Å². The zero-order chi connectivity index (χ0) is 16.5. The first-order valence-electron chi connectivity index (χ1n) is 6.44. The summed E-state index contributed by atoms with van der Waals surface area (Å²) in [7, 11) is 2.80. The van der Waals surface area contributed by atoms with Gasteiger partial charge in [0.15, 0.2) is 0 Å². The molecule has 1 aromatic carbocycles. The second-order valence-electron chi connectivity index (χ2n) is 4.91. The van der Waals surface area contributed by atoms with E-state index < -0.39 is 24.5 Å². The number of nitrogens with zero attached hydrogens (tertiary/aromatic N) is 2. The molecule has 0 bridgehead atoms. The fourth-order valence-corrected chi connectivity index (χ4v) is 2.19. The molecule has 1 aliphatic rings. The molecule has 0 saturated heterocycles. The van der Waals surface area contributed by atoms with Gasteiger partial charge >= 0.3 is 0 Å². The molecule has 1 amide bonds. The van der Waals surface area contributed by atoms with Crippen molar-refractivity contribution in [3.05, 3.63) is 23.8 Å². The molecule has 0 aromatic heterocycles. The smallest absolute Gasteiger partial charge is 0.287 e. The number of amides is 1. The van der Waals surface area contributed by atoms with Crippen molar-refractivity contribution in [3.8, 4) is 11.5 Å². The third-order valence-corrected chi connectivity index (χ3v) is 3.29. The van der Waals surface area contributed by atoms with Crippen LogP contribution in [0.25, 0.3) is 0 Å². The molecule has 1 heterocycles. The number of carbonyl (C=O) groups excluding carboxylic acids is 1. The molecule has 1 unspecified atom stereocenters. The summed E-state index contributed by atoms with van der Waals surface area (Å²) in [5.74, 6) is -0.219. The van der Waals surface area contributed by atoms with Gasteiger partial charge in [-0.15, -0.1) is 0 Å². The zero-order valence-corrected chi connectivity index (χ0v) is 12.3. The summed E-state index contributed by atoms with van der Waals surface area (Å²) in [6.07, 6.45) is -3.55. The molecule has 0 aliphatic carbocycles. The second-order valence-corrected chi connectivity index (χ2v) is 4.91. The number of aliphatic hydroxyl groups is 1. The van der Waals surface area contributed by atoms with E-state index in [1.165, 1.54) is 39.3 Å². The summed E-state index contributed by atoms with van der Waals surface area (Å²) in [4.78, 5) is 12.5. The molecule has 0 radical (unpaired) electrons. The van der Waals surface area contributed by atoms with Crippen LogP contribution in [0.2, 0.25) is 0 Å². The van der Waals surface area contributed by atoms with Crippen LogP contribution in [0, 0.1) is 0 Å². The minimum absolute atomic E-state index is 0.0220. The highest BCUT2D eigenvalue weighted by Crippen LogP contribution is 2.33. The van der Waals surface area contributed by atoms with Crippen molar-refractivity contribution in [1.82, 2.24) is 5.01 Å². The lowest BCUT2D eigenvalue weighted by molar-refractivity contribution is -0.164. The highest BCUT2D eigenvalue weighted by Gasteiger charge is 2.51. The lowest BCUT2D eigenvalue weighted by atomic mass is 10.1. The first-order valence-corrected chi connectivity index (χ1v) is 6.44. The molecular weight excluding hydrogens is 298 g/mol. The van der Waals surface area contributed by atoms with E-state index in [9.17, 15) is 18.7 Å². The first-order chi connectivity index (χ1) is 10.3. The number of benzene rings is 1. The first kappa shape index (κ1) is 16.2. The average molecular weight is 314 g/mol. The molecule has 2 rings (SSSR count). The van der Waals surface area contributed by atoms with Crippen LogP contribution in [0.1, 0.15) is 23.7 Å². The number of methoxy groups -OCH3 is 2. The van der Waals surface area contributed by atoms with Gasteiger partial charge in [0.2, 0.25) is 5.72 Å². The summed E-state index contributed by atoms with van der Waals surface area (Å²) in [5.41, 5.74) is -2.38. The number of ether oxygens (including phenoxy) is 2. The van der Waals surface area contributed by atoms with Crippen molar-refractivity contribution in [2.24, 2.45) is 5.10 Å². The number of alkyl halides is 2. The quantitative estimate of drug-likeness (QED) is 0.921. The van der Waals surface area contributed by atoms with E-state index in [1.807, 2.05) is 0 Å². The van der Waals surface area contributed by atoms with Crippen molar-refractivity contribution in [2.45, 2.75) is 25.5 Å². The molecule has 0 spiro atoms. The van der Waals surface area contributed by atoms with Gasteiger partial charge in [0, 0.05) is 23.8 Å². The van der Waals surface area contributed by atoms with Gasteiger partial charge in [-0.1, -0.05) is 0 Å². The summed E-state index contributed by atoms with van der Waals surface area (Å²) >= 11 is 0. The van der Waals surface area contributed by atoms with Gasteiger partial charge in [-0.25, -0.2) is 8.78 Å². The highest BCUT2D eigenvalue weighted by atomic mass is 19.3. The SMILES string of the molecule is COc1cc(OC)cc(C(=O)N2N=C(C)CC2(O)C(F)F)c1.